The molecule has 1 aromatic rings. The molecule has 1 rings (SSSR count). The highest BCUT2D eigenvalue weighted by Gasteiger charge is 2.17. The van der Waals surface area contributed by atoms with Gasteiger partial charge in [0.2, 0.25) is 0 Å². The summed E-state index contributed by atoms with van der Waals surface area (Å²) in [4.78, 5) is 20.6. The van der Waals surface area contributed by atoms with Crippen LogP contribution in [0.3, 0.4) is 0 Å². The number of hydrogen-bond donors (Lipinski definition) is 1. The van der Waals surface area contributed by atoms with E-state index in [2.05, 4.69) is 0 Å². The topological polar surface area (TPSA) is 80.4 Å². The summed E-state index contributed by atoms with van der Waals surface area (Å²) in [6.45, 7) is -0.177. The lowest BCUT2D eigenvalue weighted by Crippen LogP contribution is -2.01. The fourth-order valence-electron chi connectivity index (χ4n) is 1.25. The first-order chi connectivity index (χ1) is 6.70. The van der Waals surface area contributed by atoms with E-state index in [0.29, 0.717) is 11.8 Å². The second kappa shape index (κ2) is 4.48. The number of nitrogens with zero attached hydrogens (tertiary/aromatic N) is 1. The Kier molecular flexibility index (Phi) is 3.30. The van der Waals surface area contributed by atoms with Gasteiger partial charge >= 0.3 is 0 Å². The molecule has 1 aromatic carbocycles. The molecular weight excluding hydrogens is 186 g/mol. The van der Waals surface area contributed by atoms with E-state index < -0.39 is 4.92 Å². The Labute approximate surface area is 80.1 Å². The largest absolute Gasteiger partial charge is 0.396 e. The average Bonchev–Trinajstić information content (AvgIpc) is 2.17. The second-order valence-corrected chi connectivity index (χ2v) is 2.70. The monoisotopic (exact) mass is 195 g/mol. The maximum Gasteiger partial charge on any atom is 0.283 e. The number of carbonyl (C=O) groups is 1. The molecule has 0 aliphatic carbocycles. The summed E-state index contributed by atoms with van der Waals surface area (Å²) in [6, 6.07) is 4.47. The molecule has 0 unspecified atom stereocenters. The highest BCUT2D eigenvalue weighted by molar-refractivity contribution is 5.82. The van der Waals surface area contributed by atoms with Gasteiger partial charge < -0.3 is 5.11 Å². The fourth-order valence-corrected chi connectivity index (χ4v) is 1.25. The molecule has 74 valence electrons. The molecule has 5 heteroatoms. The quantitative estimate of drug-likeness (QED) is 0.440. The summed E-state index contributed by atoms with van der Waals surface area (Å²) in [5, 5.41) is 19.3. The fraction of sp³-hybridized carbons (Fsp3) is 0.222. The molecule has 0 atom stereocenters. The lowest BCUT2D eigenvalue weighted by atomic mass is 10.1. The summed E-state index contributed by atoms with van der Waals surface area (Å²) >= 11 is 0. The Morgan fingerprint density at radius 1 is 1.50 bits per heavy atom. The average molecular weight is 195 g/mol. The van der Waals surface area contributed by atoms with Crippen LogP contribution in [0, 0.1) is 10.1 Å². The van der Waals surface area contributed by atoms with Crippen LogP contribution in [0.5, 0.6) is 0 Å². The predicted molar refractivity (Wildman–Crippen MR) is 49.3 cm³/mol. The molecule has 0 amide bonds. The van der Waals surface area contributed by atoms with Crippen molar-refractivity contribution in [3.63, 3.8) is 0 Å². The number of para-hydroxylation sites is 1. The molecule has 0 saturated carbocycles. The van der Waals surface area contributed by atoms with E-state index in [1.54, 1.807) is 6.07 Å². The van der Waals surface area contributed by atoms with Crippen molar-refractivity contribution < 1.29 is 14.8 Å². The first kappa shape index (κ1) is 10.3. The van der Waals surface area contributed by atoms with E-state index in [1.165, 1.54) is 12.1 Å². The van der Waals surface area contributed by atoms with Crippen LogP contribution in [0.2, 0.25) is 0 Å². The number of carbonyl (C=O) groups excluding carboxylic acids is 1. The molecular formula is C9H9NO4. The van der Waals surface area contributed by atoms with Gasteiger partial charge in [-0.15, -0.1) is 0 Å². The minimum atomic E-state index is -0.602. The minimum Gasteiger partial charge on any atom is -0.396 e. The van der Waals surface area contributed by atoms with Crippen LogP contribution < -0.4 is 0 Å². The predicted octanol–water partition coefficient (Wildman–Crippen LogP) is 0.942. The first-order valence-electron chi connectivity index (χ1n) is 4.03. The van der Waals surface area contributed by atoms with Crippen LogP contribution in [0.4, 0.5) is 5.69 Å². The Morgan fingerprint density at radius 2 is 2.21 bits per heavy atom. The number of rotatable bonds is 4. The minimum absolute atomic E-state index is 0.0425. The zero-order valence-corrected chi connectivity index (χ0v) is 7.34. The van der Waals surface area contributed by atoms with Crippen molar-refractivity contribution in [1.82, 2.24) is 0 Å². The maximum atomic E-state index is 10.6. The summed E-state index contributed by atoms with van der Waals surface area (Å²) in [6.07, 6.45) is 0.622. The summed E-state index contributed by atoms with van der Waals surface area (Å²) in [5.41, 5.74) is 0.208. The zero-order valence-electron chi connectivity index (χ0n) is 7.34. The van der Waals surface area contributed by atoms with Gasteiger partial charge in [0.1, 0.15) is 0 Å². The highest BCUT2D eigenvalue weighted by atomic mass is 16.6. The van der Waals surface area contributed by atoms with Crippen molar-refractivity contribution in [1.29, 1.82) is 0 Å². The SMILES string of the molecule is O=Cc1cccc(CCO)c1[N+](=O)[O-]. The Bertz CT molecular complexity index is 362. The Hall–Kier alpha value is -1.75. The molecule has 14 heavy (non-hydrogen) atoms. The van der Waals surface area contributed by atoms with Gasteiger partial charge in [0, 0.05) is 18.6 Å². The van der Waals surface area contributed by atoms with Crippen LogP contribution in [0.25, 0.3) is 0 Å². The van der Waals surface area contributed by atoms with Gasteiger partial charge in [-0.2, -0.15) is 0 Å². The van der Waals surface area contributed by atoms with E-state index in [1.807, 2.05) is 0 Å². The number of nitro benzene ring substituents is 1. The van der Waals surface area contributed by atoms with E-state index >= 15 is 0 Å². The molecule has 0 spiro atoms. The molecule has 0 aliphatic rings. The van der Waals surface area contributed by atoms with E-state index in [4.69, 9.17) is 5.11 Å². The summed E-state index contributed by atoms with van der Waals surface area (Å²) in [7, 11) is 0. The van der Waals surface area contributed by atoms with Crippen molar-refractivity contribution in [2.45, 2.75) is 6.42 Å². The first-order valence-corrected chi connectivity index (χ1v) is 4.03. The van der Waals surface area contributed by atoms with Gasteiger partial charge in [0.25, 0.3) is 5.69 Å². The number of aliphatic hydroxyl groups is 1. The standard InChI is InChI=1S/C9H9NO4/c11-5-4-7-2-1-3-8(6-12)9(7)10(13)14/h1-3,6,11H,4-5H2. The second-order valence-electron chi connectivity index (χ2n) is 2.70. The molecule has 0 aromatic heterocycles. The molecule has 0 heterocycles. The zero-order chi connectivity index (χ0) is 10.6. The van der Waals surface area contributed by atoms with Gasteiger partial charge in [0.15, 0.2) is 6.29 Å². The lowest BCUT2D eigenvalue weighted by molar-refractivity contribution is -0.385. The maximum absolute atomic E-state index is 10.6. The molecule has 5 nitrogen and oxygen atoms in total. The molecule has 0 bridgehead atoms. The van der Waals surface area contributed by atoms with Crippen molar-refractivity contribution >= 4 is 12.0 Å². The van der Waals surface area contributed by atoms with Gasteiger partial charge in [-0.1, -0.05) is 12.1 Å². The van der Waals surface area contributed by atoms with Gasteiger partial charge in [-0.3, -0.25) is 14.9 Å². The van der Waals surface area contributed by atoms with Crippen LogP contribution in [0.1, 0.15) is 15.9 Å². The summed E-state index contributed by atoms with van der Waals surface area (Å²) in [5.74, 6) is 0. The van der Waals surface area contributed by atoms with Crippen LogP contribution in [-0.2, 0) is 6.42 Å². The molecule has 0 saturated heterocycles. The number of nitro groups is 1. The van der Waals surface area contributed by atoms with E-state index in [0.717, 1.165) is 0 Å². The number of aldehydes is 1. The van der Waals surface area contributed by atoms with Gasteiger partial charge in [-0.05, 0) is 6.07 Å². The van der Waals surface area contributed by atoms with Gasteiger partial charge in [0.05, 0.1) is 10.5 Å². The Morgan fingerprint density at radius 3 is 2.71 bits per heavy atom. The van der Waals surface area contributed by atoms with Crippen molar-refractivity contribution in [2.24, 2.45) is 0 Å². The number of hydrogen-bond acceptors (Lipinski definition) is 4. The van der Waals surface area contributed by atoms with Crippen LogP contribution in [0.15, 0.2) is 18.2 Å². The summed E-state index contributed by atoms with van der Waals surface area (Å²) < 4.78 is 0. The third-order valence-corrected chi connectivity index (χ3v) is 1.84. The molecule has 1 N–H and O–H groups in total. The van der Waals surface area contributed by atoms with Crippen molar-refractivity contribution in [2.75, 3.05) is 6.61 Å². The van der Waals surface area contributed by atoms with E-state index in [-0.39, 0.29) is 24.3 Å². The van der Waals surface area contributed by atoms with Crippen LogP contribution in [-0.4, -0.2) is 22.9 Å². The number of aliphatic hydroxyl groups excluding tert-OH is 1. The third-order valence-electron chi connectivity index (χ3n) is 1.84. The molecule has 0 aliphatic heterocycles. The lowest BCUT2D eigenvalue weighted by Gasteiger charge is -2.01. The van der Waals surface area contributed by atoms with E-state index in [9.17, 15) is 14.9 Å². The van der Waals surface area contributed by atoms with Crippen molar-refractivity contribution in [3.8, 4) is 0 Å². The normalized spacial score (nSPS) is 9.79. The Balaban J connectivity index is 3.27. The molecule has 0 fully saturated rings. The third kappa shape index (κ3) is 1.94. The van der Waals surface area contributed by atoms with Gasteiger partial charge in [-0.25, -0.2) is 0 Å². The number of benzene rings is 1. The van der Waals surface area contributed by atoms with Crippen LogP contribution >= 0.6 is 0 Å². The highest BCUT2D eigenvalue weighted by Crippen LogP contribution is 2.22. The van der Waals surface area contributed by atoms with Crippen molar-refractivity contribution in [3.05, 3.63) is 39.4 Å². The molecule has 0 radical (unpaired) electrons. The smallest absolute Gasteiger partial charge is 0.283 e.